The van der Waals surface area contributed by atoms with Crippen molar-refractivity contribution in [1.29, 1.82) is 0 Å². The van der Waals surface area contributed by atoms with Crippen molar-refractivity contribution < 1.29 is 36.6 Å². The molecular formula is C19H22F4N2O4S. The summed E-state index contributed by atoms with van der Waals surface area (Å²) in [5.74, 6) is -0.529. The van der Waals surface area contributed by atoms with Crippen molar-refractivity contribution in [2.45, 2.75) is 45.0 Å². The van der Waals surface area contributed by atoms with E-state index in [9.17, 15) is 22.4 Å². The molecule has 0 aliphatic heterocycles. The zero-order valence-corrected chi connectivity index (χ0v) is 17.2. The van der Waals surface area contributed by atoms with E-state index in [0.717, 1.165) is 12.8 Å². The average molecular weight is 450 g/mol. The highest BCUT2D eigenvalue weighted by Gasteiger charge is 2.31. The smallest absolute Gasteiger partial charge is 0.422 e. The predicted octanol–water partition coefficient (Wildman–Crippen LogP) is 4.08. The van der Waals surface area contributed by atoms with Gasteiger partial charge in [-0.05, 0) is 37.8 Å². The van der Waals surface area contributed by atoms with Gasteiger partial charge in [-0.3, -0.25) is 4.79 Å². The van der Waals surface area contributed by atoms with E-state index in [1.165, 1.54) is 19.1 Å². The lowest BCUT2D eigenvalue weighted by atomic mass is 9.83. The molecule has 0 bridgehead atoms. The number of carbonyl (C=O) groups is 1. The van der Waals surface area contributed by atoms with Crippen LogP contribution in [-0.4, -0.2) is 49.0 Å². The normalized spacial score (nSPS) is 19.9. The van der Waals surface area contributed by atoms with Crippen LogP contribution in [0.2, 0.25) is 0 Å². The van der Waals surface area contributed by atoms with Gasteiger partial charge in [-0.15, -0.1) is 0 Å². The third kappa shape index (κ3) is 6.18. The lowest BCUT2D eigenvalue weighted by Gasteiger charge is -2.35. The Morgan fingerprint density at radius 3 is 2.73 bits per heavy atom. The van der Waals surface area contributed by atoms with E-state index in [-0.39, 0.29) is 45.1 Å². The highest BCUT2D eigenvalue weighted by Crippen LogP contribution is 2.36. The van der Waals surface area contributed by atoms with Crippen LogP contribution in [0.4, 0.5) is 17.6 Å². The van der Waals surface area contributed by atoms with Crippen LogP contribution in [0.5, 0.6) is 10.9 Å². The summed E-state index contributed by atoms with van der Waals surface area (Å²) in [6.45, 7) is 2.56. The van der Waals surface area contributed by atoms with E-state index in [4.69, 9.17) is 9.47 Å². The Kier molecular flexibility index (Phi) is 7.02. The molecule has 1 aromatic heterocycles. The number of nitrogens with zero attached hydrogens (tertiary/aromatic N) is 1. The quantitative estimate of drug-likeness (QED) is 0.583. The third-order valence-electron chi connectivity index (χ3n) is 4.50. The zero-order valence-electron chi connectivity index (χ0n) is 16.4. The van der Waals surface area contributed by atoms with Crippen LogP contribution in [0.25, 0.3) is 10.2 Å². The molecule has 1 aliphatic rings. The van der Waals surface area contributed by atoms with Gasteiger partial charge in [0.15, 0.2) is 18.2 Å². The number of halogens is 4. The lowest BCUT2D eigenvalue weighted by molar-refractivity contribution is -0.153. The molecule has 1 N–H and O–H groups in total. The number of alkyl halides is 3. The Balaban J connectivity index is 1.46. The molecule has 30 heavy (non-hydrogen) atoms. The minimum atomic E-state index is -4.49. The Bertz CT molecular complexity index is 883. The maximum absolute atomic E-state index is 14.6. The zero-order chi connectivity index (χ0) is 21.9. The SMILES string of the molecule is CC(=O)N[C@@H](C)COC1CC(COc2ccc3nc(OCC(F)(F)F)sc3c2F)C1. The van der Waals surface area contributed by atoms with E-state index in [1.54, 1.807) is 0 Å². The van der Waals surface area contributed by atoms with Gasteiger partial charge in [0.2, 0.25) is 5.91 Å². The second kappa shape index (κ2) is 9.34. The van der Waals surface area contributed by atoms with E-state index in [1.807, 2.05) is 6.92 Å². The number of aromatic nitrogens is 1. The minimum absolute atomic E-state index is 0.0252. The summed E-state index contributed by atoms with van der Waals surface area (Å²) in [5, 5.41) is 2.50. The average Bonchev–Trinajstić information content (AvgIpc) is 3.03. The first kappa shape index (κ1) is 22.5. The number of ether oxygens (including phenoxy) is 3. The molecule has 0 spiro atoms. The standard InChI is InChI=1S/C19H22F4N2O4S/c1-10(24-11(2)26)7-27-13-5-12(6-13)8-28-15-4-3-14-17(16(15)20)30-18(25-14)29-9-19(21,22)23/h3-4,10,12-13H,5-9H2,1-2H3,(H,24,26)/t10-,12?,13?/m0/s1. The van der Waals surface area contributed by atoms with Crippen molar-refractivity contribution in [1.82, 2.24) is 10.3 Å². The summed E-state index contributed by atoms with van der Waals surface area (Å²) in [7, 11) is 0. The van der Waals surface area contributed by atoms with Crippen LogP contribution in [0.1, 0.15) is 26.7 Å². The van der Waals surface area contributed by atoms with E-state index >= 15 is 0 Å². The summed E-state index contributed by atoms with van der Waals surface area (Å²) in [5.41, 5.74) is 0.215. The largest absolute Gasteiger partial charge is 0.490 e. The number of hydrogen-bond donors (Lipinski definition) is 1. The van der Waals surface area contributed by atoms with E-state index in [0.29, 0.717) is 24.6 Å². The van der Waals surface area contributed by atoms with Crippen LogP contribution >= 0.6 is 11.3 Å². The predicted molar refractivity (Wildman–Crippen MR) is 102 cm³/mol. The van der Waals surface area contributed by atoms with Crippen molar-refractivity contribution in [3.8, 4) is 10.9 Å². The van der Waals surface area contributed by atoms with Crippen molar-refractivity contribution in [2.24, 2.45) is 5.92 Å². The lowest BCUT2D eigenvalue weighted by Crippen LogP contribution is -2.40. The molecule has 166 valence electrons. The Morgan fingerprint density at radius 2 is 2.07 bits per heavy atom. The molecule has 3 rings (SSSR count). The molecule has 6 nitrogen and oxygen atoms in total. The fraction of sp³-hybridized carbons (Fsp3) is 0.579. The van der Waals surface area contributed by atoms with Gasteiger partial charge in [0.25, 0.3) is 5.19 Å². The van der Waals surface area contributed by atoms with Gasteiger partial charge >= 0.3 is 6.18 Å². The highest BCUT2D eigenvalue weighted by atomic mass is 32.1. The number of rotatable bonds is 9. The van der Waals surface area contributed by atoms with Crippen molar-refractivity contribution in [3.05, 3.63) is 17.9 Å². The number of nitrogens with one attached hydrogen (secondary N) is 1. The second-order valence-corrected chi connectivity index (χ2v) is 8.28. The fourth-order valence-electron chi connectivity index (χ4n) is 3.06. The molecule has 1 aromatic carbocycles. The minimum Gasteiger partial charge on any atom is -0.490 e. The highest BCUT2D eigenvalue weighted by molar-refractivity contribution is 7.20. The molecule has 1 atom stereocenters. The molecular weight excluding hydrogens is 428 g/mol. The number of hydrogen-bond acceptors (Lipinski definition) is 6. The van der Waals surface area contributed by atoms with Crippen LogP contribution < -0.4 is 14.8 Å². The van der Waals surface area contributed by atoms with Gasteiger partial charge in [-0.1, -0.05) is 11.3 Å². The molecule has 1 saturated carbocycles. The van der Waals surface area contributed by atoms with Gasteiger partial charge in [-0.2, -0.15) is 13.2 Å². The van der Waals surface area contributed by atoms with E-state index in [2.05, 4.69) is 15.0 Å². The molecule has 0 radical (unpaired) electrons. The van der Waals surface area contributed by atoms with Crippen LogP contribution in [0.15, 0.2) is 12.1 Å². The van der Waals surface area contributed by atoms with Crippen molar-refractivity contribution in [2.75, 3.05) is 19.8 Å². The number of amides is 1. The van der Waals surface area contributed by atoms with Crippen LogP contribution in [0.3, 0.4) is 0 Å². The Labute approximate surface area is 174 Å². The van der Waals surface area contributed by atoms with Gasteiger partial charge in [0.1, 0.15) is 0 Å². The van der Waals surface area contributed by atoms with Gasteiger partial charge < -0.3 is 19.5 Å². The third-order valence-corrected chi connectivity index (χ3v) is 5.48. The number of benzene rings is 1. The monoisotopic (exact) mass is 450 g/mol. The molecule has 1 heterocycles. The molecule has 0 saturated heterocycles. The van der Waals surface area contributed by atoms with Gasteiger partial charge in [0.05, 0.1) is 29.5 Å². The van der Waals surface area contributed by atoms with Crippen LogP contribution in [-0.2, 0) is 9.53 Å². The van der Waals surface area contributed by atoms with E-state index < -0.39 is 18.6 Å². The summed E-state index contributed by atoms with van der Waals surface area (Å²) in [4.78, 5) is 14.8. The first-order chi connectivity index (χ1) is 14.1. The summed E-state index contributed by atoms with van der Waals surface area (Å²) < 4.78 is 67.3. The Hall–Kier alpha value is -2.14. The first-order valence-electron chi connectivity index (χ1n) is 9.41. The molecule has 1 amide bonds. The summed E-state index contributed by atoms with van der Waals surface area (Å²) in [6, 6.07) is 2.83. The molecule has 2 aromatic rings. The maximum atomic E-state index is 14.6. The molecule has 1 aliphatic carbocycles. The molecule has 11 heteroatoms. The maximum Gasteiger partial charge on any atom is 0.422 e. The van der Waals surface area contributed by atoms with Gasteiger partial charge in [-0.25, -0.2) is 9.37 Å². The topological polar surface area (TPSA) is 69.7 Å². The number of fused-ring (bicyclic) bond motifs is 1. The molecule has 1 fully saturated rings. The number of thiazole rings is 1. The van der Waals surface area contributed by atoms with Crippen molar-refractivity contribution in [3.63, 3.8) is 0 Å². The Morgan fingerprint density at radius 1 is 1.33 bits per heavy atom. The second-order valence-electron chi connectivity index (χ2n) is 7.31. The van der Waals surface area contributed by atoms with Gasteiger partial charge in [0, 0.05) is 13.0 Å². The van der Waals surface area contributed by atoms with Crippen molar-refractivity contribution >= 4 is 27.5 Å². The first-order valence-corrected chi connectivity index (χ1v) is 10.2. The summed E-state index contributed by atoms with van der Waals surface area (Å²) in [6.07, 6.45) is -2.87. The van der Waals surface area contributed by atoms with Crippen LogP contribution in [0, 0.1) is 11.7 Å². The fourth-order valence-corrected chi connectivity index (χ4v) is 3.91. The molecule has 0 unspecified atom stereocenters. The summed E-state index contributed by atoms with van der Waals surface area (Å²) >= 11 is 0.708. The number of carbonyl (C=O) groups excluding carboxylic acids is 1.